The van der Waals surface area contributed by atoms with Crippen LogP contribution in [0.25, 0.3) is 0 Å². The topological polar surface area (TPSA) is 12.0 Å². The highest BCUT2D eigenvalue weighted by Gasteiger charge is 2.32. The van der Waals surface area contributed by atoms with Gasteiger partial charge in [0.2, 0.25) is 0 Å². The first kappa shape index (κ1) is 13.7. The molecule has 0 aliphatic heterocycles. The zero-order valence-electron chi connectivity index (χ0n) is 11.7. The lowest BCUT2D eigenvalue weighted by atomic mass is 9.79. The van der Waals surface area contributed by atoms with Crippen LogP contribution < -0.4 is 5.32 Å². The number of hydrogen-bond acceptors (Lipinski definition) is 2. The first-order valence-electron chi connectivity index (χ1n) is 7.58. The molecule has 0 radical (unpaired) electrons. The standard InChI is InChI=1S/C15H29NS/c1-4-17-15-7-5-6-14(15)16-13-9-8-11(2)10-12(13)3/h11-16H,4-10H2,1-3H3. The summed E-state index contributed by atoms with van der Waals surface area (Å²) in [6.07, 6.45) is 8.55. The van der Waals surface area contributed by atoms with Crippen LogP contribution in [0.5, 0.6) is 0 Å². The quantitative estimate of drug-likeness (QED) is 0.812. The molecule has 2 aliphatic carbocycles. The fourth-order valence-corrected chi connectivity index (χ4v) is 4.93. The second-order valence-corrected chi connectivity index (χ2v) is 7.72. The summed E-state index contributed by atoms with van der Waals surface area (Å²) in [5.74, 6) is 3.11. The summed E-state index contributed by atoms with van der Waals surface area (Å²) in [7, 11) is 0. The number of rotatable bonds is 4. The van der Waals surface area contributed by atoms with E-state index < -0.39 is 0 Å². The summed E-state index contributed by atoms with van der Waals surface area (Å²) in [6.45, 7) is 7.16. The van der Waals surface area contributed by atoms with E-state index in [1.165, 1.54) is 44.3 Å². The second-order valence-electron chi connectivity index (χ2n) is 6.20. The Kier molecular flexibility index (Phi) is 5.23. The van der Waals surface area contributed by atoms with Gasteiger partial charge in [-0.05, 0) is 49.7 Å². The molecule has 2 fully saturated rings. The fourth-order valence-electron chi connectivity index (χ4n) is 3.72. The summed E-state index contributed by atoms with van der Waals surface area (Å²) in [5.41, 5.74) is 0. The van der Waals surface area contributed by atoms with Crippen LogP contribution in [0.3, 0.4) is 0 Å². The molecule has 5 atom stereocenters. The average molecular weight is 255 g/mol. The van der Waals surface area contributed by atoms with Gasteiger partial charge in [0.15, 0.2) is 0 Å². The zero-order chi connectivity index (χ0) is 12.3. The molecule has 0 spiro atoms. The van der Waals surface area contributed by atoms with Gasteiger partial charge in [0.1, 0.15) is 0 Å². The lowest BCUT2D eigenvalue weighted by Crippen LogP contribution is -2.46. The normalized spacial score (nSPS) is 42.9. The lowest BCUT2D eigenvalue weighted by Gasteiger charge is -2.36. The summed E-state index contributed by atoms with van der Waals surface area (Å²) < 4.78 is 0. The van der Waals surface area contributed by atoms with Gasteiger partial charge in [0.25, 0.3) is 0 Å². The maximum atomic E-state index is 4.00. The van der Waals surface area contributed by atoms with Gasteiger partial charge in [0.05, 0.1) is 0 Å². The fraction of sp³-hybridized carbons (Fsp3) is 1.00. The summed E-state index contributed by atoms with van der Waals surface area (Å²) in [4.78, 5) is 0. The van der Waals surface area contributed by atoms with E-state index in [4.69, 9.17) is 0 Å². The van der Waals surface area contributed by atoms with E-state index in [2.05, 4.69) is 37.8 Å². The molecule has 17 heavy (non-hydrogen) atoms. The molecular formula is C15H29NS. The van der Waals surface area contributed by atoms with Gasteiger partial charge >= 0.3 is 0 Å². The second kappa shape index (κ2) is 6.47. The first-order chi connectivity index (χ1) is 8.20. The smallest absolute Gasteiger partial charge is 0.0201 e. The Bertz CT molecular complexity index is 231. The van der Waals surface area contributed by atoms with Crippen molar-refractivity contribution in [2.75, 3.05) is 5.75 Å². The molecule has 2 heteroatoms. The molecule has 0 amide bonds. The molecule has 0 bridgehead atoms. The molecular weight excluding hydrogens is 226 g/mol. The molecule has 5 unspecified atom stereocenters. The van der Waals surface area contributed by atoms with Gasteiger partial charge in [-0.2, -0.15) is 11.8 Å². The van der Waals surface area contributed by atoms with Gasteiger partial charge in [-0.15, -0.1) is 0 Å². The van der Waals surface area contributed by atoms with Crippen molar-refractivity contribution in [3.05, 3.63) is 0 Å². The summed E-state index contributed by atoms with van der Waals surface area (Å²) in [6, 6.07) is 1.61. The van der Waals surface area contributed by atoms with Crippen LogP contribution in [0.15, 0.2) is 0 Å². The average Bonchev–Trinajstić information content (AvgIpc) is 2.71. The Labute approximate surface area is 112 Å². The van der Waals surface area contributed by atoms with Crippen LogP contribution in [-0.4, -0.2) is 23.1 Å². The highest BCUT2D eigenvalue weighted by atomic mass is 32.2. The van der Waals surface area contributed by atoms with E-state index in [-0.39, 0.29) is 0 Å². The molecule has 0 saturated heterocycles. The molecule has 1 N–H and O–H groups in total. The van der Waals surface area contributed by atoms with Gasteiger partial charge in [-0.3, -0.25) is 0 Å². The van der Waals surface area contributed by atoms with Crippen LogP contribution in [0.4, 0.5) is 0 Å². The zero-order valence-corrected chi connectivity index (χ0v) is 12.6. The molecule has 0 aromatic heterocycles. The predicted molar refractivity (Wildman–Crippen MR) is 78.7 cm³/mol. The number of nitrogens with one attached hydrogen (secondary N) is 1. The third kappa shape index (κ3) is 3.64. The SMILES string of the molecule is CCSC1CCCC1NC1CCC(C)CC1C. The first-order valence-corrected chi connectivity index (χ1v) is 8.63. The van der Waals surface area contributed by atoms with E-state index in [1.54, 1.807) is 0 Å². The Morgan fingerprint density at radius 3 is 2.59 bits per heavy atom. The van der Waals surface area contributed by atoms with Crippen LogP contribution >= 0.6 is 11.8 Å². The van der Waals surface area contributed by atoms with Crippen molar-refractivity contribution in [2.45, 2.75) is 76.6 Å². The number of thioether (sulfide) groups is 1. The predicted octanol–water partition coefficient (Wildman–Crippen LogP) is 4.07. The monoisotopic (exact) mass is 255 g/mol. The molecule has 2 rings (SSSR count). The molecule has 2 saturated carbocycles. The third-order valence-electron chi connectivity index (χ3n) is 4.69. The molecule has 0 aromatic carbocycles. The Morgan fingerprint density at radius 2 is 1.88 bits per heavy atom. The van der Waals surface area contributed by atoms with Gasteiger partial charge < -0.3 is 5.32 Å². The maximum Gasteiger partial charge on any atom is 0.0201 e. The van der Waals surface area contributed by atoms with Crippen LogP contribution in [0.1, 0.15) is 59.3 Å². The van der Waals surface area contributed by atoms with Crippen molar-refractivity contribution < 1.29 is 0 Å². The van der Waals surface area contributed by atoms with Crippen LogP contribution in [0, 0.1) is 11.8 Å². The van der Waals surface area contributed by atoms with Gasteiger partial charge in [-0.1, -0.05) is 27.2 Å². The van der Waals surface area contributed by atoms with E-state index >= 15 is 0 Å². The highest BCUT2D eigenvalue weighted by Crippen LogP contribution is 2.33. The van der Waals surface area contributed by atoms with Crippen molar-refractivity contribution in [3.8, 4) is 0 Å². The Morgan fingerprint density at radius 1 is 1.06 bits per heavy atom. The minimum absolute atomic E-state index is 0.800. The molecule has 100 valence electrons. The third-order valence-corrected chi connectivity index (χ3v) is 6.02. The van der Waals surface area contributed by atoms with Crippen LogP contribution in [0.2, 0.25) is 0 Å². The number of hydrogen-bond donors (Lipinski definition) is 1. The van der Waals surface area contributed by atoms with Crippen molar-refractivity contribution in [1.29, 1.82) is 0 Å². The maximum absolute atomic E-state index is 4.00. The molecule has 1 nitrogen and oxygen atoms in total. The Balaban J connectivity index is 1.83. The molecule has 2 aliphatic rings. The van der Waals surface area contributed by atoms with E-state index in [9.17, 15) is 0 Å². The van der Waals surface area contributed by atoms with E-state index in [0.717, 1.165) is 29.2 Å². The van der Waals surface area contributed by atoms with Crippen molar-refractivity contribution in [1.82, 2.24) is 5.32 Å². The van der Waals surface area contributed by atoms with Crippen molar-refractivity contribution >= 4 is 11.8 Å². The minimum Gasteiger partial charge on any atom is -0.310 e. The highest BCUT2D eigenvalue weighted by molar-refractivity contribution is 7.99. The van der Waals surface area contributed by atoms with Crippen molar-refractivity contribution in [3.63, 3.8) is 0 Å². The largest absolute Gasteiger partial charge is 0.310 e. The Hall–Kier alpha value is 0.310. The summed E-state index contributed by atoms with van der Waals surface area (Å²) in [5, 5.41) is 4.90. The lowest BCUT2D eigenvalue weighted by molar-refractivity contribution is 0.214. The van der Waals surface area contributed by atoms with Crippen molar-refractivity contribution in [2.24, 2.45) is 11.8 Å². The van der Waals surface area contributed by atoms with E-state index in [1.807, 2.05) is 0 Å². The summed E-state index contributed by atoms with van der Waals surface area (Å²) >= 11 is 2.17. The molecule has 0 heterocycles. The minimum atomic E-state index is 0.800. The van der Waals surface area contributed by atoms with Crippen LogP contribution in [-0.2, 0) is 0 Å². The van der Waals surface area contributed by atoms with Gasteiger partial charge in [0, 0.05) is 17.3 Å². The molecule has 0 aromatic rings. The van der Waals surface area contributed by atoms with E-state index in [0.29, 0.717) is 0 Å². The van der Waals surface area contributed by atoms with Gasteiger partial charge in [-0.25, -0.2) is 0 Å².